The van der Waals surface area contributed by atoms with Gasteiger partial charge in [-0.3, -0.25) is 4.90 Å². The average Bonchev–Trinajstić information content (AvgIpc) is 1.12. The van der Waals surface area contributed by atoms with Crippen molar-refractivity contribution < 1.29 is 30.6 Å². The summed E-state index contributed by atoms with van der Waals surface area (Å²) in [5, 5.41) is 59.6. The van der Waals surface area contributed by atoms with E-state index in [1.54, 1.807) is 18.2 Å². The summed E-state index contributed by atoms with van der Waals surface area (Å²) in [6.07, 6.45) is 12.0. The monoisotopic (exact) mass is 1340 g/mol. The molecule has 9 aromatic carbocycles. The number of aliphatic hydroxyl groups excluding tert-OH is 3. The third kappa shape index (κ3) is 19.6. The van der Waals surface area contributed by atoms with Gasteiger partial charge in [0, 0.05) is 63.8 Å². The van der Waals surface area contributed by atoms with Gasteiger partial charge in [-0.2, -0.15) is 0 Å². The Morgan fingerprint density at radius 2 is 0.720 bits per heavy atom. The number of hydrogen-bond donors (Lipinski definition) is 6. The number of benzene rings is 9. The predicted molar refractivity (Wildman–Crippen MR) is 415 cm³/mol. The highest BCUT2D eigenvalue weighted by Gasteiger charge is 2.33. The van der Waals surface area contributed by atoms with Crippen molar-refractivity contribution in [1.82, 2.24) is 14.7 Å². The van der Waals surface area contributed by atoms with Crippen molar-refractivity contribution in [3.63, 3.8) is 0 Å². The molecule has 9 aromatic rings. The van der Waals surface area contributed by atoms with Crippen LogP contribution in [0.25, 0.3) is 33.4 Å². The summed E-state index contributed by atoms with van der Waals surface area (Å²) < 4.78 is 0. The lowest BCUT2D eigenvalue weighted by molar-refractivity contribution is 0.203. The zero-order valence-electron chi connectivity index (χ0n) is 59.1. The number of aliphatic hydroxyl groups is 3. The van der Waals surface area contributed by atoms with E-state index in [2.05, 4.69) is 204 Å². The molecule has 6 N–H and O–H groups in total. The van der Waals surface area contributed by atoms with Crippen LogP contribution in [0.4, 0.5) is 5.69 Å². The van der Waals surface area contributed by atoms with Crippen molar-refractivity contribution >= 4 is 39.1 Å². The Kier molecular flexibility index (Phi) is 26.4. The number of piperazine rings is 1. The topological polar surface area (TPSA) is 134 Å². The predicted octanol–water partition coefficient (Wildman–Crippen LogP) is 18.1. The van der Waals surface area contributed by atoms with Crippen LogP contribution in [0.2, 0.25) is 0 Å². The van der Waals surface area contributed by atoms with Crippen LogP contribution in [0.15, 0.2) is 237 Å². The van der Waals surface area contributed by atoms with Gasteiger partial charge in [0.15, 0.2) is 0 Å². The quantitative estimate of drug-likeness (QED) is 0.0344. The van der Waals surface area contributed by atoms with Gasteiger partial charge < -0.3 is 45.3 Å². The minimum Gasteiger partial charge on any atom is -0.508 e. The molecule has 1 saturated carbocycles. The lowest BCUT2D eigenvalue weighted by atomic mass is 9.84. The van der Waals surface area contributed by atoms with Gasteiger partial charge in [0.2, 0.25) is 0 Å². The Labute approximate surface area is 595 Å². The van der Waals surface area contributed by atoms with Gasteiger partial charge in [-0.05, 0) is 279 Å². The van der Waals surface area contributed by atoms with Crippen molar-refractivity contribution in [2.24, 2.45) is 0 Å². The molecule has 100 heavy (non-hydrogen) atoms. The van der Waals surface area contributed by atoms with Crippen LogP contribution < -0.4 is 4.90 Å². The number of allylic oxidation sites excluding steroid dienone is 3. The van der Waals surface area contributed by atoms with Crippen molar-refractivity contribution in [3.8, 4) is 17.2 Å². The second-order valence-electron chi connectivity index (χ2n) is 27.8. The second-order valence-corrected chi connectivity index (χ2v) is 27.8. The first-order valence-electron chi connectivity index (χ1n) is 36.7. The van der Waals surface area contributed by atoms with E-state index in [0.29, 0.717) is 37.1 Å². The SMILES string of the molecule is CC(C)N1CCN(c2cccc(/C(=C(/CCCO)c3ccccc3)c3cccc(O)c3)c2)CC1.CN1CCC(c2ccc(/C(=C(/CCCO)c3ccccc3)c3cccc(O)c3)cc2)CC1.OCCC/C(=C(\c1cccc(O)c1)c1cccc(C2CCN(C3CC3)CC2)c1)c1ccccc1. The normalized spacial score (nSPS) is 16.5. The van der Waals surface area contributed by atoms with Gasteiger partial charge in [0.25, 0.3) is 0 Å². The molecule has 1 aliphatic carbocycles. The molecule has 13 rings (SSSR count). The minimum absolute atomic E-state index is 0.143. The van der Waals surface area contributed by atoms with Crippen LogP contribution in [-0.4, -0.2) is 137 Å². The fourth-order valence-corrected chi connectivity index (χ4v) is 15.1. The number of phenols is 3. The lowest BCUT2D eigenvalue weighted by Gasteiger charge is -2.38. The van der Waals surface area contributed by atoms with Crippen LogP contribution in [0, 0.1) is 0 Å². The molecule has 4 fully saturated rings. The molecule has 3 aliphatic heterocycles. The van der Waals surface area contributed by atoms with Gasteiger partial charge >= 0.3 is 0 Å². The zero-order valence-corrected chi connectivity index (χ0v) is 59.1. The summed E-state index contributed by atoms with van der Waals surface area (Å²) in [6, 6.07) is 82.1. The molecule has 0 unspecified atom stereocenters. The molecular weight excluding hydrogens is 1230 g/mol. The smallest absolute Gasteiger partial charge is 0.116 e. The Balaban J connectivity index is 0.000000151. The maximum absolute atomic E-state index is 10.3. The van der Waals surface area contributed by atoms with E-state index in [0.717, 1.165) is 126 Å². The number of nitrogens with zero attached hydrogens (tertiary/aromatic N) is 4. The molecule has 0 spiro atoms. The van der Waals surface area contributed by atoms with E-state index in [1.165, 1.54) is 90.7 Å². The zero-order chi connectivity index (χ0) is 69.6. The number of likely N-dealkylation sites (tertiary alicyclic amines) is 2. The molecule has 3 heterocycles. The third-order valence-electron chi connectivity index (χ3n) is 20.6. The Morgan fingerprint density at radius 3 is 1.13 bits per heavy atom. The first-order valence-corrected chi connectivity index (χ1v) is 36.7. The highest BCUT2D eigenvalue weighted by atomic mass is 16.3. The number of rotatable bonds is 23. The minimum atomic E-state index is 0.143. The highest BCUT2D eigenvalue weighted by molar-refractivity contribution is 6.01. The summed E-state index contributed by atoms with van der Waals surface area (Å²) in [6.45, 7) is 13.9. The number of aromatic hydroxyl groups is 3. The van der Waals surface area contributed by atoms with Gasteiger partial charge in [0.05, 0.1) is 0 Å². The summed E-state index contributed by atoms with van der Waals surface area (Å²) in [5.74, 6) is 2.01. The molecule has 0 aromatic heterocycles. The van der Waals surface area contributed by atoms with Gasteiger partial charge in [-0.1, -0.05) is 188 Å². The second kappa shape index (κ2) is 36.5. The average molecular weight is 1340 g/mol. The van der Waals surface area contributed by atoms with Crippen molar-refractivity contribution in [1.29, 1.82) is 0 Å². The number of hydrogen-bond acceptors (Lipinski definition) is 10. The molecule has 0 bridgehead atoms. The van der Waals surface area contributed by atoms with E-state index >= 15 is 0 Å². The molecule has 0 radical (unpaired) electrons. The van der Waals surface area contributed by atoms with Crippen molar-refractivity contribution in [3.05, 3.63) is 298 Å². The first-order chi connectivity index (χ1) is 48.9. The molecular formula is C90H104N4O6. The van der Waals surface area contributed by atoms with Crippen LogP contribution in [0.5, 0.6) is 17.2 Å². The Morgan fingerprint density at radius 1 is 0.350 bits per heavy atom. The molecule has 0 atom stereocenters. The van der Waals surface area contributed by atoms with Gasteiger partial charge in [0.1, 0.15) is 17.2 Å². The Bertz CT molecular complexity index is 3930. The third-order valence-corrected chi connectivity index (χ3v) is 20.6. The molecule has 3 saturated heterocycles. The van der Waals surface area contributed by atoms with E-state index in [1.807, 2.05) is 54.6 Å². The van der Waals surface area contributed by atoms with Crippen LogP contribution in [0.3, 0.4) is 0 Å². The molecule has 0 amide bonds. The van der Waals surface area contributed by atoms with E-state index in [9.17, 15) is 30.6 Å². The van der Waals surface area contributed by atoms with Crippen LogP contribution >= 0.6 is 0 Å². The first kappa shape index (κ1) is 72.4. The Hall–Kier alpha value is -8.84. The van der Waals surface area contributed by atoms with Gasteiger partial charge in [-0.25, -0.2) is 0 Å². The van der Waals surface area contributed by atoms with E-state index in [-0.39, 0.29) is 37.1 Å². The molecule has 10 heteroatoms. The van der Waals surface area contributed by atoms with Gasteiger partial charge in [-0.15, -0.1) is 0 Å². The standard InChI is InChI=1S/C31H35NO2.C30H36N2O2.C29H33NO2/c33-20-6-13-30(24-7-2-1-3-8-24)31(27-11-5-12-29(34)22-27)26-10-4-9-25(21-26)23-16-18-32(19-17-23)28-14-15-28;1-23(2)31-16-18-32(19-17-31)27-13-6-11-25(21-27)30(26-12-7-14-28(34)22-26)29(15-8-20-33)24-9-4-3-5-10-24;1-30-18-16-23(17-19-30)22-12-14-25(15-13-22)29(26-9-5-10-27(32)21-26)28(11-6-20-31)24-7-3-2-4-8-24/h1-5,7-12,21-23,28,33-34H,6,13-20H2;3-7,9-14,21-23,33-34H,8,15-20H2,1-2H3;2-5,7-10,12-15,21,23,31-32H,6,11,16-20H2,1H3/b31-30+;30-29+;29-28+. The summed E-state index contributed by atoms with van der Waals surface area (Å²) >= 11 is 0. The summed E-state index contributed by atoms with van der Waals surface area (Å²) in [5.41, 5.74) is 20.9. The summed E-state index contributed by atoms with van der Waals surface area (Å²) in [7, 11) is 2.20. The largest absolute Gasteiger partial charge is 0.508 e. The maximum atomic E-state index is 10.3. The fraction of sp³-hybridized carbons (Fsp3) is 0.333. The van der Waals surface area contributed by atoms with E-state index in [4.69, 9.17) is 0 Å². The fourth-order valence-electron chi connectivity index (χ4n) is 15.1. The molecule has 4 aliphatic rings. The lowest BCUT2D eigenvalue weighted by Crippen LogP contribution is -2.48. The number of piperidine rings is 2. The van der Waals surface area contributed by atoms with Crippen LogP contribution in [0.1, 0.15) is 164 Å². The highest BCUT2D eigenvalue weighted by Crippen LogP contribution is 2.43. The van der Waals surface area contributed by atoms with E-state index < -0.39 is 0 Å². The summed E-state index contributed by atoms with van der Waals surface area (Å²) in [4.78, 5) is 10.1. The van der Waals surface area contributed by atoms with Crippen LogP contribution in [-0.2, 0) is 0 Å². The molecule has 10 nitrogen and oxygen atoms in total. The van der Waals surface area contributed by atoms with Crippen molar-refractivity contribution in [2.45, 2.75) is 115 Å². The molecule has 520 valence electrons. The van der Waals surface area contributed by atoms with Crippen molar-refractivity contribution in [2.75, 3.05) is 84.1 Å². The number of anilines is 1. The number of phenolic OH excluding ortho intramolecular Hbond substituents is 3. The maximum Gasteiger partial charge on any atom is 0.116 e.